The Bertz CT molecular complexity index is 1310. The summed E-state index contributed by atoms with van der Waals surface area (Å²) in [5, 5.41) is 22.1. The van der Waals surface area contributed by atoms with E-state index in [1.165, 1.54) is 24.3 Å². The molecule has 160 valence electrons. The Labute approximate surface area is 182 Å². The van der Waals surface area contributed by atoms with Crippen molar-refractivity contribution < 1.29 is 29.4 Å². The fourth-order valence-corrected chi connectivity index (χ4v) is 3.56. The largest absolute Gasteiger partial charge is 0.478 e. The van der Waals surface area contributed by atoms with E-state index in [2.05, 4.69) is 5.16 Å². The number of benzene rings is 2. The van der Waals surface area contributed by atoms with Crippen molar-refractivity contribution in [1.82, 2.24) is 4.57 Å². The lowest BCUT2D eigenvalue weighted by Gasteiger charge is -2.07. The van der Waals surface area contributed by atoms with Crippen LogP contribution in [-0.2, 0) is 9.63 Å². The molecule has 32 heavy (non-hydrogen) atoms. The highest BCUT2D eigenvalue weighted by molar-refractivity contribution is 6.31. The first-order valence-electron chi connectivity index (χ1n) is 9.63. The number of aromatic carboxylic acids is 2. The van der Waals surface area contributed by atoms with Gasteiger partial charge in [0.25, 0.3) is 0 Å². The summed E-state index contributed by atoms with van der Waals surface area (Å²) < 4.78 is 1.91. The zero-order valence-corrected chi connectivity index (χ0v) is 17.2. The molecule has 0 amide bonds. The van der Waals surface area contributed by atoms with Crippen LogP contribution in [0.3, 0.4) is 0 Å². The fourth-order valence-electron chi connectivity index (χ4n) is 3.56. The van der Waals surface area contributed by atoms with E-state index in [9.17, 15) is 14.4 Å². The number of rotatable bonds is 5. The molecule has 0 radical (unpaired) electrons. The Hall–Kier alpha value is -4.46. The molecule has 1 aromatic heterocycles. The highest BCUT2D eigenvalue weighted by Crippen LogP contribution is 2.27. The Morgan fingerprint density at radius 3 is 2.06 bits per heavy atom. The molecule has 1 aliphatic rings. The Morgan fingerprint density at radius 1 is 0.938 bits per heavy atom. The SMILES string of the molecule is Cc1cn(-c2ccc(C(=O)O)cc2)c(C)c1/C=C1/C(=O)ON=C1c1ccc(C(=O)O)cc1. The van der Waals surface area contributed by atoms with Gasteiger partial charge in [0, 0.05) is 23.1 Å². The minimum atomic E-state index is -1.04. The molecule has 0 fully saturated rings. The predicted octanol–water partition coefficient (Wildman–Crippen LogP) is 3.84. The van der Waals surface area contributed by atoms with Gasteiger partial charge >= 0.3 is 17.9 Å². The van der Waals surface area contributed by atoms with Crippen LogP contribution in [0.2, 0.25) is 0 Å². The highest BCUT2D eigenvalue weighted by atomic mass is 16.7. The van der Waals surface area contributed by atoms with E-state index in [0.717, 1.165) is 22.5 Å². The van der Waals surface area contributed by atoms with Gasteiger partial charge in [-0.15, -0.1) is 0 Å². The monoisotopic (exact) mass is 430 g/mol. The van der Waals surface area contributed by atoms with Gasteiger partial charge < -0.3 is 19.6 Å². The topological polar surface area (TPSA) is 118 Å². The molecule has 2 heterocycles. The molecular formula is C24H18N2O6. The summed E-state index contributed by atoms with van der Waals surface area (Å²) in [7, 11) is 0. The average Bonchev–Trinajstić information content (AvgIpc) is 3.28. The lowest BCUT2D eigenvalue weighted by molar-refractivity contribution is -0.136. The molecule has 3 aromatic rings. The van der Waals surface area contributed by atoms with Crippen LogP contribution in [0.25, 0.3) is 11.8 Å². The number of aromatic nitrogens is 1. The maximum atomic E-state index is 12.4. The first-order chi connectivity index (χ1) is 15.3. The first kappa shape index (κ1) is 20.8. The molecule has 4 rings (SSSR count). The summed E-state index contributed by atoms with van der Waals surface area (Å²) in [6, 6.07) is 12.5. The summed E-state index contributed by atoms with van der Waals surface area (Å²) in [4.78, 5) is 39.5. The van der Waals surface area contributed by atoms with E-state index in [4.69, 9.17) is 15.1 Å². The predicted molar refractivity (Wildman–Crippen MR) is 116 cm³/mol. The molecule has 0 bridgehead atoms. The second-order valence-corrected chi connectivity index (χ2v) is 7.29. The zero-order valence-electron chi connectivity index (χ0n) is 17.2. The maximum Gasteiger partial charge on any atom is 0.368 e. The van der Waals surface area contributed by atoms with E-state index in [0.29, 0.717) is 11.3 Å². The van der Waals surface area contributed by atoms with Crippen molar-refractivity contribution in [3.63, 3.8) is 0 Å². The number of nitrogens with zero attached hydrogens (tertiary/aromatic N) is 2. The van der Waals surface area contributed by atoms with Crippen molar-refractivity contribution in [3.05, 3.63) is 93.8 Å². The molecule has 1 aliphatic heterocycles. The number of hydrogen-bond acceptors (Lipinski definition) is 5. The van der Waals surface area contributed by atoms with Crippen LogP contribution in [0.4, 0.5) is 0 Å². The number of carboxylic acid groups (broad SMARTS) is 2. The molecule has 0 saturated heterocycles. The van der Waals surface area contributed by atoms with Crippen molar-refractivity contribution in [2.24, 2.45) is 5.16 Å². The average molecular weight is 430 g/mol. The third-order valence-electron chi connectivity index (χ3n) is 5.28. The maximum absolute atomic E-state index is 12.4. The van der Waals surface area contributed by atoms with Crippen LogP contribution in [0, 0.1) is 13.8 Å². The van der Waals surface area contributed by atoms with Gasteiger partial charge in [-0.05, 0) is 67.4 Å². The molecule has 8 heteroatoms. The standard InChI is InChI=1S/C24H18N2O6/c1-13-12-26(18-9-7-17(8-10-18)23(29)30)14(2)19(13)11-20-21(25-32-24(20)31)15-3-5-16(6-4-15)22(27)28/h3-12H,1-2H3,(H,27,28)(H,29,30)/b20-11+. The minimum Gasteiger partial charge on any atom is -0.478 e. The zero-order chi connectivity index (χ0) is 23.0. The molecule has 0 atom stereocenters. The van der Waals surface area contributed by atoms with Crippen molar-refractivity contribution >= 4 is 29.7 Å². The van der Waals surface area contributed by atoms with E-state index in [1.807, 2.05) is 24.6 Å². The van der Waals surface area contributed by atoms with Gasteiger partial charge in [-0.25, -0.2) is 14.4 Å². The van der Waals surface area contributed by atoms with Crippen molar-refractivity contribution in [2.45, 2.75) is 13.8 Å². The molecule has 2 aromatic carbocycles. The number of carbonyl (C=O) groups is 3. The van der Waals surface area contributed by atoms with Gasteiger partial charge in [-0.3, -0.25) is 0 Å². The Kier molecular flexibility index (Phi) is 5.19. The fraction of sp³-hybridized carbons (Fsp3) is 0.0833. The van der Waals surface area contributed by atoms with Crippen LogP contribution in [-0.4, -0.2) is 38.4 Å². The van der Waals surface area contributed by atoms with Gasteiger partial charge in [-0.1, -0.05) is 17.3 Å². The van der Waals surface area contributed by atoms with Crippen LogP contribution in [0.1, 0.15) is 43.1 Å². The van der Waals surface area contributed by atoms with Crippen LogP contribution in [0.15, 0.2) is 65.5 Å². The van der Waals surface area contributed by atoms with Gasteiger partial charge in [-0.2, -0.15) is 0 Å². The lowest BCUT2D eigenvalue weighted by atomic mass is 9.99. The van der Waals surface area contributed by atoms with Gasteiger partial charge in [0.2, 0.25) is 0 Å². The smallest absolute Gasteiger partial charge is 0.368 e. The summed E-state index contributed by atoms with van der Waals surface area (Å²) in [6.45, 7) is 3.80. The Morgan fingerprint density at radius 2 is 1.50 bits per heavy atom. The molecule has 0 spiro atoms. The van der Waals surface area contributed by atoms with E-state index < -0.39 is 17.9 Å². The Balaban J connectivity index is 1.72. The van der Waals surface area contributed by atoms with Crippen LogP contribution < -0.4 is 0 Å². The third kappa shape index (κ3) is 3.69. The van der Waals surface area contributed by atoms with Crippen LogP contribution in [0.5, 0.6) is 0 Å². The molecule has 0 unspecified atom stereocenters. The molecule has 8 nitrogen and oxygen atoms in total. The van der Waals surface area contributed by atoms with Crippen molar-refractivity contribution in [1.29, 1.82) is 0 Å². The van der Waals surface area contributed by atoms with Gasteiger partial charge in [0.05, 0.1) is 16.7 Å². The summed E-state index contributed by atoms with van der Waals surface area (Å²) in [5.41, 5.74) is 4.80. The van der Waals surface area contributed by atoms with Gasteiger partial charge in [0.15, 0.2) is 0 Å². The van der Waals surface area contributed by atoms with E-state index >= 15 is 0 Å². The highest BCUT2D eigenvalue weighted by Gasteiger charge is 2.28. The number of oxime groups is 1. The summed E-state index contributed by atoms with van der Waals surface area (Å²) >= 11 is 0. The summed E-state index contributed by atoms with van der Waals surface area (Å²) in [6.07, 6.45) is 3.60. The van der Waals surface area contributed by atoms with E-state index in [-0.39, 0.29) is 16.7 Å². The minimum absolute atomic E-state index is 0.128. The first-order valence-corrected chi connectivity index (χ1v) is 9.63. The number of carbonyl (C=O) groups excluding carboxylic acids is 1. The number of carboxylic acids is 2. The van der Waals surface area contributed by atoms with Crippen LogP contribution >= 0.6 is 0 Å². The molecule has 0 aliphatic carbocycles. The second kappa shape index (κ2) is 7.99. The van der Waals surface area contributed by atoms with Crippen molar-refractivity contribution in [3.8, 4) is 5.69 Å². The van der Waals surface area contributed by atoms with E-state index in [1.54, 1.807) is 30.3 Å². The lowest BCUT2D eigenvalue weighted by Crippen LogP contribution is -2.08. The molecule has 2 N–H and O–H groups in total. The molecule has 0 saturated carbocycles. The summed E-state index contributed by atoms with van der Waals surface area (Å²) in [5.74, 6) is -2.64. The number of hydrogen-bond donors (Lipinski definition) is 2. The third-order valence-corrected chi connectivity index (χ3v) is 5.28. The second-order valence-electron chi connectivity index (χ2n) is 7.29. The molecular weight excluding hydrogens is 412 g/mol. The van der Waals surface area contributed by atoms with Crippen molar-refractivity contribution in [2.75, 3.05) is 0 Å². The number of aryl methyl sites for hydroxylation is 1. The van der Waals surface area contributed by atoms with Gasteiger partial charge in [0.1, 0.15) is 5.71 Å². The quantitative estimate of drug-likeness (QED) is 0.469. The normalized spacial score (nSPS) is 14.4.